The van der Waals surface area contributed by atoms with Crippen LogP contribution in [0.25, 0.3) is 0 Å². The minimum absolute atomic E-state index is 0.798. The number of rotatable bonds is 3. The van der Waals surface area contributed by atoms with E-state index in [1.807, 2.05) is 11.3 Å². The molecule has 1 aromatic rings. The molecule has 2 rings (SSSR count). The zero-order valence-electron chi connectivity index (χ0n) is 7.55. The molecule has 66 valence electrons. The Hall–Kier alpha value is -0.410. The summed E-state index contributed by atoms with van der Waals surface area (Å²) in [5.74, 6) is 0. The van der Waals surface area contributed by atoms with E-state index in [4.69, 9.17) is 0 Å². The highest BCUT2D eigenvalue weighted by Crippen LogP contribution is 2.22. The third-order valence-corrected chi connectivity index (χ3v) is 3.20. The minimum atomic E-state index is 0.798. The van der Waals surface area contributed by atoms with E-state index >= 15 is 0 Å². The number of aryl methyl sites for hydroxylation is 2. The normalized spacial score (nSPS) is 16.8. The van der Waals surface area contributed by atoms with Crippen LogP contribution in [0.5, 0.6) is 0 Å². The summed E-state index contributed by atoms with van der Waals surface area (Å²) in [5, 5.41) is 4.68. The maximum atomic E-state index is 4.39. The molecule has 1 aliphatic carbocycles. The van der Waals surface area contributed by atoms with E-state index in [0.717, 1.165) is 12.6 Å². The second kappa shape index (κ2) is 3.15. The van der Waals surface area contributed by atoms with Crippen LogP contribution in [0.15, 0.2) is 0 Å². The number of aromatic nitrogens is 1. The van der Waals surface area contributed by atoms with E-state index < -0.39 is 0 Å². The van der Waals surface area contributed by atoms with Gasteiger partial charge in [-0.2, -0.15) is 0 Å². The highest BCUT2D eigenvalue weighted by molar-refractivity contribution is 7.11. The van der Waals surface area contributed by atoms with Crippen LogP contribution in [0.2, 0.25) is 0 Å². The first-order valence-electron chi connectivity index (χ1n) is 4.42. The number of hydrogen-bond acceptors (Lipinski definition) is 3. The Labute approximate surface area is 77.0 Å². The lowest BCUT2D eigenvalue weighted by Gasteiger charge is -1.99. The maximum absolute atomic E-state index is 4.39. The quantitative estimate of drug-likeness (QED) is 0.773. The van der Waals surface area contributed by atoms with Gasteiger partial charge in [-0.1, -0.05) is 0 Å². The zero-order valence-corrected chi connectivity index (χ0v) is 8.37. The van der Waals surface area contributed by atoms with Gasteiger partial charge >= 0.3 is 0 Å². The van der Waals surface area contributed by atoms with Crippen LogP contribution in [0.3, 0.4) is 0 Å². The molecule has 3 heteroatoms. The van der Waals surface area contributed by atoms with E-state index in [1.54, 1.807) is 0 Å². The van der Waals surface area contributed by atoms with Gasteiger partial charge in [-0.05, 0) is 26.7 Å². The molecule has 2 nitrogen and oxygen atoms in total. The van der Waals surface area contributed by atoms with Gasteiger partial charge in [-0.3, -0.25) is 0 Å². The largest absolute Gasteiger partial charge is 0.309 e. The second-order valence-electron chi connectivity index (χ2n) is 3.40. The molecule has 0 aliphatic heterocycles. The van der Waals surface area contributed by atoms with Crippen molar-refractivity contribution in [1.29, 1.82) is 0 Å². The maximum Gasteiger partial charge on any atom is 0.0900 e. The van der Waals surface area contributed by atoms with E-state index in [0.29, 0.717) is 0 Å². The molecule has 1 fully saturated rings. The number of nitrogens with one attached hydrogen (secondary N) is 1. The van der Waals surface area contributed by atoms with Crippen molar-refractivity contribution < 1.29 is 0 Å². The predicted octanol–water partition coefficient (Wildman–Crippen LogP) is 2.01. The highest BCUT2D eigenvalue weighted by Gasteiger charge is 2.20. The van der Waals surface area contributed by atoms with E-state index in [2.05, 4.69) is 24.1 Å². The van der Waals surface area contributed by atoms with Crippen LogP contribution in [0.4, 0.5) is 0 Å². The molecule has 0 bridgehead atoms. The Kier molecular flexibility index (Phi) is 2.15. The van der Waals surface area contributed by atoms with Crippen LogP contribution >= 0.6 is 11.3 Å². The topological polar surface area (TPSA) is 24.9 Å². The first-order chi connectivity index (χ1) is 5.75. The van der Waals surface area contributed by atoms with Gasteiger partial charge < -0.3 is 5.32 Å². The fourth-order valence-corrected chi connectivity index (χ4v) is 2.15. The zero-order chi connectivity index (χ0) is 8.55. The van der Waals surface area contributed by atoms with Crippen LogP contribution in [-0.4, -0.2) is 11.0 Å². The SMILES string of the molecule is Cc1nc(C)c(CNC2CC2)s1. The number of thiazole rings is 1. The van der Waals surface area contributed by atoms with Crippen molar-refractivity contribution >= 4 is 11.3 Å². The molecule has 1 aromatic heterocycles. The molecule has 12 heavy (non-hydrogen) atoms. The number of nitrogens with zero attached hydrogens (tertiary/aromatic N) is 1. The van der Waals surface area contributed by atoms with Gasteiger partial charge in [0.1, 0.15) is 0 Å². The lowest BCUT2D eigenvalue weighted by molar-refractivity contribution is 0.691. The molecule has 1 saturated carbocycles. The molecular formula is C9H14N2S. The molecule has 0 aromatic carbocycles. The Balaban J connectivity index is 1.96. The summed E-state index contributed by atoms with van der Waals surface area (Å²) in [6, 6.07) is 0.798. The van der Waals surface area contributed by atoms with E-state index in [-0.39, 0.29) is 0 Å². The fraction of sp³-hybridized carbons (Fsp3) is 0.667. The highest BCUT2D eigenvalue weighted by atomic mass is 32.1. The smallest absolute Gasteiger partial charge is 0.0900 e. The van der Waals surface area contributed by atoms with Crippen molar-refractivity contribution in [2.75, 3.05) is 0 Å². The molecule has 0 saturated heterocycles. The summed E-state index contributed by atoms with van der Waals surface area (Å²) in [6.45, 7) is 5.17. The molecule has 0 radical (unpaired) electrons. The average molecular weight is 182 g/mol. The van der Waals surface area contributed by atoms with Gasteiger partial charge in [0.05, 0.1) is 10.7 Å². The molecule has 1 N–H and O–H groups in total. The van der Waals surface area contributed by atoms with E-state index in [9.17, 15) is 0 Å². The Morgan fingerprint density at radius 3 is 2.75 bits per heavy atom. The molecular weight excluding hydrogens is 168 g/mol. The Morgan fingerprint density at radius 1 is 1.50 bits per heavy atom. The average Bonchev–Trinajstić information content (AvgIpc) is 2.76. The van der Waals surface area contributed by atoms with Gasteiger partial charge in [-0.25, -0.2) is 4.98 Å². The molecule has 0 spiro atoms. The van der Waals surface area contributed by atoms with Crippen LogP contribution in [0.1, 0.15) is 28.4 Å². The third kappa shape index (κ3) is 1.84. The molecule has 1 aliphatic rings. The summed E-state index contributed by atoms with van der Waals surface area (Å²) in [5.41, 5.74) is 1.20. The monoisotopic (exact) mass is 182 g/mol. The standard InChI is InChI=1S/C9H14N2S/c1-6-9(12-7(2)11-6)5-10-8-3-4-8/h8,10H,3-5H2,1-2H3. The Morgan fingerprint density at radius 2 is 2.25 bits per heavy atom. The summed E-state index contributed by atoms with van der Waals surface area (Å²) in [7, 11) is 0. The summed E-state index contributed by atoms with van der Waals surface area (Å²) >= 11 is 1.81. The first kappa shape index (κ1) is 8.20. The lowest BCUT2D eigenvalue weighted by Crippen LogP contribution is -2.14. The van der Waals surface area contributed by atoms with Crippen molar-refractivity contribution in [2.24, 2.45) is 0 Å². The number of hydrogen-bond donors (Lipinski definition) is 1. The third-order valence-electron chi connectivity index (χ3n) is 2.13. The molecule has 0 unspecified atom stereocenters. The van der Waals surface area contributed by atoms with Crippen LogP contribution < -0.4 is 5.32 Å². The molecule has 1 heterocycles. The van der Waals surface area contributed by atoms with Crippen molar-refractivity contribution in [3.8, 4) is 0 Å². The van der Waals surface area contributed by atoms with Crippen molar-refractivity contribution in [3.05, 3.63) is 15.6 Å². The van der Waals surface area contributed by atoms with Crippen LogP contribution in [0, 0.1) is 13.8 Å². The van der Waals surface area contributed by atoms with Crippen molar-refractivity contribution in [2.45, 2.75) is 39.3 Å². The van der Waals surface area contributed by atoms with Gasteiger partial charge in [-0.15, -0.1) is 11.3 Å². The first-order valence-corrected chi connectivity index (χ1v) is 5.23. The van der Waals surface area contributed by atoms with E-state index in [1.165, 1.54) is 28.4 Å². The van der Waals surface area contributed by atoms with Gasteiger partial charge in [0.2, 0.25) is 0 Å². The summed E-state index contributed by atoms with van der Waals surface area (Å²) in [4.78, 5) is 5.79. The summed E-state index contributed by atoms with van der Waals surface area (Å²) in [6.07, 6.45) is 2.72. The molecule has 0 atom stereocenters. The van der Waals surface area contributed by atoms with Gasteiger partial charge in [0.25, 0.3) is 0 Å². The predicted molar refractivity (Wildman–Crippen MR) is 51.4 cm³/mol. The minimum Gasteiger partial charge on any atom is -0.309 e. The summed E-state index contributed by atoms with van der Waals surface area (Å²) < 4.78 is 0. The van der Waals surface area contributed by atoms with Gasteiger partial charge in [0.15, 0.2) is 0 Å². The van der Waals surface area contributed by atoms with Crippen molar-refractivity contribution in [3.63, 3.8) is 0 Å². The Bertz CT molecular complexity index is 276. The second-order valence-corrected chi connectivity index (χ2v) is 4.68. The van der Waals surface area contributed by atoms with Crippen LogP contribution in [-0.2, 0) is 6.54 Å². The van der Waals surface area contributed by atoms with Gasteiger partial charge in [0, 0.05) is 17.5 Å². The molecule has 0 amide bonds. The lowest BCUT2D eigenvalue weighted by atomic mass is 10.4. The fourth-order valence-electron chi connectivity index (χ4n) is 1.26. The van der Waals surface area contributed by atoms with Crippen molar-refractivity contribution in [1.82, 2.24) is 10.3 Å².